The maximum absolute atomic E-state index is 12.4. The van der Waals surface area contributed by atoms with Gasteiger partial charge in [0.15, 0.2) is 0 Å². The van der Waals surface area contributed by atoms with E-state index in [9.17, 15) is 9.59 Å². The molecule has 0 spiro atoms. The molecule has 3 N–H and O–H groups in total. The molecule has 6 nitrogen and oxygen atoms in total. The second-order valence-corrected chi connectivity index (χ2v) is 7.01. The standard InChI is InChI=1S/C16H28N4O2.ClH/c17-14(12-5-6-12)10-18-15(21)13-4-3-9-20(11-13)16(22)19-7-1-2-8-19;/h12-14H,1-11,17H2,(H,18,21);1H. The molecule has 2 aliphatic heterocycles. The number of amides is 3. The van der Waals surface area contributed by atoms with Crippen molar-refractivity contribution < 1.29 is 9.59 Å². The van der Waals surface area contributed by atoms with Crippen molar-refractivity contribution >= 4 is 24.3 Å². The van der Waals surface area contributed by atoms with Crippen LogP contribution in [0.4, 0.5) is 4.79 Å². The van der Waals surface area contributed by atoms with Crippen LogP contribution in [0.5, 0.6) is 0 Å². The summed E-state index contributed by atoms with van der Waals surface area (Å²) >= 11 is 0. The lowest BCUT2D eigenvalue weighted by molar-refractivity contribution is -0.126. The smallest absolute Gasteiger partial charge is 0.320 e. The molecule has 23 heavy (non-hydrogen) atoms. The number of halogens is 1. The van der Waals surface area contributed by atoms with Gasteiger partial charge in [0, 0.05) is 38.8 Å². The van der Waals surface area contributed by atoms with E-state index in [2.05, 4.69) is 5.32 Å². The molecular weight excluding hydrogens is 316 g/mol. The maximum atomic E-state index is 12.4. The number of nitrogens with two attached hydrogens (primary N) is 1. The van der Waals surface area contributed by atoms with Gasteiger partial charge < -0.3 is 20.9 Å². The van der Waals surface area contributed by atoms with Crippen LogP contribution in [0.2, 0.25) is 0 Å². The number of carbonyl (C=O) groups is 2. The van der Waals surface area contributed by atoms with Gasteiger partial charge in [0.05, 0.1) is 5.92 Å². The Bertz CT molecular complexity index is 424. The molecule has 0 bridgehead atoms. The largest absolute Gasteiger partial charge is 0.354 e. The summed E-state index contributed by atoms with van der Waals surface area (Å²) in [5, 5.41) is 2.99. The molecule has 2 atom stereocenters. The van der Waals surface area contributed by atoms with Gasteiger partial charge in [-0.2, -0.15) is 0 Å². The number of hydrogen-bond donors (Lipinski definition) is 2. The fourth-order valence-electron chi connectivity index (χ4n) is 3.53. The van der Waals surface area contributed by atoms with E-state index in [1.807, 2.05) is 9.80 Å². The molecule has 3 amide bonds. The molecule has 3 rings (SSSR count). The van der Waals surface area contributed by atoms with Crippen molar-refractivity contribution in [1.29, 1.82) is 0 Å². The summed E-state index contributed by atoms with van der Waals surface area (Å²) in [7, 11) is 0. The predicted molar refractivity (Wildman–Crippen MR) is 91.5 cm³/mol. The Morgan fingerprint density at radius 2 is 1.70 bits per heavy atom. The van der Waals surface area contributed by atoms with Crippen LogP contribution in [0.15, 0.2) is 0 Å². The predicted octanol–water partition coefficient (Wildman–Crippen LogP) is 1.19. The van der Waals surface area contributed by atoms with Crippen LogP contribution in [0, 0.1) is 11.8 Å². The van der Waals surface area contributed by atoms with Crippen LogP contribution >= 0.6 is 12.4 Å². The second kappa shape index (κ2) is 8.20. The lowest BCUT2D eigenvalue weighted by Gasteiger charge is -2.34. The van der Waals surface area contributed by atoms with Crippen molar-refractivity contribution in [2.45, 2.75) is 44.6 Å². The fraction of sp³-hybridized carbons (Fsp3) is 0.875. The van der Waals surface area contributed by atoms with Gasteiger partial charge >= 0.3 is 6.03 Å². The first-order chi connectivity index (χ1) is 10.6. The van der Waals surface area contributed by atoms with Gasteiger partial charge in [-0.1, -0.05) is 0 Å². The number of hydrogen-bond acceptors (Lipinski definition) is 3. The molecule has 2 saturated heterocycles. The third-order valence-electron chi connectivity index (χ3n) is 5.18. The van der Waals surface area contributed by atoms with Crippen molar-refractivity contribution in [1.82, 2.24) is 15.1 Å². The third-order valence-corrected chi connectivity index (χ3v) is 5.18. The van der Waals surface area contributed by atoms with Gasteiger partial charge in [-0.3, -0.25) is 4.79 Å². The van der Waals surface area contributed by atoms with Gasteiger partial charge in [-0.25, -0.2) is 4.79 Å². The number of urea groups is 1. The number of likely N-dealkylation sites (tertiary alicyclic amines) is 2. The summed E-state index contributed by atoms with van der Waals surface area (Å²) in [6.45, 7) is 3.63. The molecule has 132 valence electrons. The van der Waals surface area contributed by atoms with Crippen LogP contribution in [0.3, 0.4) is 0 Å². The SMILES string of the molecule is Cl.NC(CNC(=O)C1CCCN(C(=O)N2CCCC2)C1)C1CC1. The van der Waals surface area contributed by atoms with Gasteiger partial charge in [0.25, 0.3) is 0 Å². The molecule has 2 unspecified atom stereocenters. The Morgan fingerprint density at radius 3 is 2.35 bits per heavy atom. The highest BCUT2D eigenvalue weighted by Gasteiger charge is 2.33. The maximum Gasteiger partial charge on any atom is 0.320 e. The van der Waals surface area contributed by atoms with Gasteiger partial charge in [-0.15, -0.1) is 12.4 Å². The molecule has 7 heteroatoms. The van der Waals surface area contributed by atoms with Crippen LogP contribution in [-0.2, 0) is 4.79 Å². The Balaban J connectivity index is 0.00000192. The number of carbonyl (C=O) groups excluding carboxylic acids is 2. The summed E-state index contributed by atoms with van der Waals surface area (Å²) in [4.78, 5) is 28.5. The van der Waals surface area contributed by atoms with Crippen molar-refractivity contribution in [2.75, 3.05) is 32.7 Å². The first-order valence-electron chi connectivity index (χ1n) is 8.72. The first-order valence-corrected chi connectivity index (χ1v) is 8.72. The third kappa shape index (κ3) is 4.73. The highest BCUT2D eigenvalue weighted by molar-refractivity contribution is 5.85. The van der Waals surface area contributed by atoms with E-state index in [1.54, 1.807) is 0 Å². The van der Waals surface area contributed by atoms with E-state index in [4.69, 9.17) is 5.73 Å². The van der Waals surface area contributed by atoms with Crippen LogP contribution in [0.1, 0.15) is 38.5 Å². The van der Waals surface area contributed by atoms with E-state index < -0.39 is 0 Å². The van der Waals surface area contributed by atoms with Gasteiger partial charge in [0.2, 0.25) is 5.91 Å². The molecule has 0 aromatic rings. The summed E-state index contributed by atoms with van der Waals surface area (Å²) in [6, 6.07) is 0.208. The van der Waals surface area contributed by atoms with Crippen molar-refractivity contribution in [2.24, 2.45) is 17.6 Å². The zero-order valence-electron chi connectivity index (χ0n) is 13.7. The van der Waals surface area contributed by atoms with Crippen LogP contribution in [0.25, 0.3) is 0 Å². The molecule has 1 saturated carbocycles. The Hall–Kier alpha value is -1.01. The van der Waals surface area contributed by atoms with Crippen molar-refractivity contribution in [3.05, 3.63) is 0 Å². The zero-order valence-corrected chi connectivity index (χ0v) is 14.5. The highest BCUT2D eigenvalue weighted by atomic mass is 35.5. The Kier molecular flexibility index (Phi) is 6.53. The van der Waals surface area contributed by atoms with E-state index in [0.717, 1.165) is 45.3 Å². The number of piperidine rings is 1. The quantitative estimate of drug-likeness (QED) is 0.804. The topological polar surface area (TPSA) is 78.7 Å². The van der Waals surface area contributed by atoms with Crippen LogP contribution in [-0.4, -0.2) is 60.5 Å². The van der Waals surface area contributed by atoms with E-state index in [0.29, 0.717) is 19.0 Å². The summed E-state index contributed by atoms with van der Waals surface area (Å²) < 4.78 is 0. The van der Waals surface area contributed by atoms with Gasteiger partial charge in [0.1, 0.15) is 0 Å². The molecular formula is C16H29ClN4O2. The number of nitrogens with zero attached hydrogens (tertiary/aromatic N) is 2. The minimum absolute atomic E-state index is 0. The summed E-state index contributed by atoms with van der Waals surface area (Å²) in [5.74, 6) is 0.585. The Morgan fingerprint density at radius 1 is 1.04 bits per heavy atom. The lowest BCUT2D eigenvalue weighted by Crippen LogP contribution is -2.50. The van der Waals surface area contributed by atoms with Gasteiger partial charge in [-0.05, 0) is 44.4 Å². The van der Waals surface area contributed by atoms with Crippen molar-refractivity contribution in [3.8, 4) is 0 Å². The van der Waals surface area contributed by atoms with E-state index in [1.165, 1.54) is 12.8 Å². The monoisotopic (exact) mass is 344 g/mol. The normalized spacial score (nSPS) is 25.7. The van der Waals surface area contributed by atoms with E-state index >= 15 is 0 Å². The minimum atomic E-state index is -0.0771. The van der Waals surface area contributed by atoms with Crippen LogP contribution < -0.4 is 11.1 Å². The molecule has 3 fully saturated rings. The average Bonchev–Trinajstić information content (AvgIpc) is 3.26. The minimum Gasteiger partial charge on any atom is -0.354 e. The second-order valence-electron chi connectivity index (χ2n) is 7.01. The molecule has 0 radical (unpaired) electrons. The lowest BCUT2D eigenvalue weighted by atomic mass is 9.97. The average molecular weight is 345 g/mol. The Labute approximate surface area is 144 Å². The first kappa shape index (κ1) is 18.3. The summed E-state index contributed by atoms with van der Waals surface area (Å²) in [5.41, 5.74) is 6.03. The van der Waals surface area contributed by atoms with Crippen molar-refractivity contribution in [3.63, 3.8) is 0 Å². The number of rotatable bonds is 4. The zero-order chi connectivity index (χ0) is 15.5. The number of nitrogens with one attached hydrogen (secondary N) is 1. The molecule has 0 aromatic heterocycles. The van der Waals surface area contributed by atoms with E-state index in [-0.39, 0.29) is 36.3 Å². The molecule has 0 aromatic carbocycles. The molecule has 3 aliphatic rings. The highest BCUT2D eigenvalue weighted by Crippen LogP contribution is 2.31. The molecule has 2 heterocycles. The fourth-order valence-corrected chi connectivity index (χ4v) is 3.53. The molecule has 1 aliphatic carbocycles. The summed E-state index contributed by atoms with van der Waals surface area (Å²) in [6.07, 6.45) is 6.36.